The summed E-state index contributed by atoms with van der Waals surface area (Å²) in [5, 5.41) is 11.5. The van der Waals surface area contributed by atoms with Crippen LogP contribution in [0.2, 0.25) is 0 Å². The third kappa shape index (κ3) is 3.72. The van der Waals surface area contributed by atoms with Gasteiger partial charge in [-0.25, -0.2) is 4.79 Å². The number of hydrogen-bond donors (Lipinski definition) is 0. The number of amides is 1. The molecule has 156 valence electrons. The molecule has 0 saturated carbocycles. The van der Waals surface area contributed by atoms with Crippen LogP contribution in [0.5, 0.6) is 0 Å². The second-order valence-electron chi connectivity index (χ2n) is 7.68. The summed E-state index contributed by atoms with van der Waals surface area (Å²) in [6.07, 6.45) is 2.72. The van der Waals surface area contributed by atoms with Crippen LogP contribution in [-0.4, -0.2) is 42.5 Å². The van der Waals surface area contributed by atoms with Gasteiger partial charge in [-0.1, -0.05) is 18.2 Å². The number of hydrogen-bond acceptors (Lipinski definition) is 6. The van der Waals surface area contributed by atoms with Crippen molar-refractivity contribution < 1.29 is 19.2 Å². The number of ether oxygens (including phenoxy) is 1. The number of carbonyl (C=O) groups is 2. The number of carbonyl (C=O) groups excluding carboxylic acids is 2. The highest BCUT2D eigenvalue weighted by molar-refractivity contribution is 5.99. The Bertz CT molecular complexity index is 1000. The van der Waals surface area contributed by atoms with Gasteiger partial charge in [-0.05, 0) is 49.9 Å². The molecule has 1 amide bonds. The molecule has 0 N–H and O–H groups in total. The van der Waals surface area contributed by atoms with Crippen LogP contribution in [0.3, 0.4) is 0 Å². The van der Waals surface area contributed by atoms with Crippen LogP contribution in [0.15, 0.2) is 42.5 Å². The van der Waals surface area contributed by atoms with Crippen LogP contribution in [-0.2, 0) is 16.0 Å². The molecule has 2 heterocycles. The Morgan fingerprint density at radius 1 is 1.13 bits per heavy atom. The third-order valence-electron chi connectivity index (χ3n) is 5.66. The van der Waals surface area contributed by atoms with E-state index in [1.807, 2.05) is 36.1 Å². The highest BCUT2D eigenvalue weighted by atomic mass is 16.6. The van der Waals surface area contributed by atoms with Crippen LogP contribution < -0.4 is 9.80 Å². The molecule has 0 radical (unpaired) electrons. The van der Waals surface area contributed by atoms with E-state index in [1.165, 1.54) is 12.1 Å². The van der Waals surface area contributed by atoms with Gasteiger partial charge in [0.1, 0.15) is 5.69 Å². The van der Waals surface area contributed by atoms with E-state index >= 15 is 0 Å². The summed E-state index contributed by atoms with van der Waals surface area (Å²) in [5.74, 6) is -1.07. The lowest BCUT2D eigenvalue weighted by atomic mass is 10.1. The summed E-state index contributed by atoms with van der Waals surface area (Å²) in [6.45, 7) is 3.04. The predicted molar refractivity (Wildman–Crippen MR) is 112 cm³/mol. The van der Waals surface area contributed by atoms with Crippen molar-refractivity contribution in [2.45, 2.75) is 32.2 Å². The number of anilines is 2. The number of rotatable bonds is 5. The molecule has 30 heavy (non-hydrogen) atoms. The normalized spacial score (nSPS) is 17.7. The summed E-state index contributed by atoms with van der Waals surface area (Å²) < 4.78 is 5.20. The molecule has 2 aromatic rings. The Kier molecular flexibility index (Phi) is 5.39. The van der Waals surface area contributed by atoms with Gasteiger partial charge in [0.05, 0.1) is 10.5 Å². The van der Waals surface area contributed by atoms with Gasteiger partial charge in [0.2, 0.25) is 0 Å². The Morgan fingerprint density at radius 2 is 1.87 bits per heavy atom. The Hall–Kier alpha value is -3.42. The lowest BCUT2D eigenvalue weighted by Crippen LogP contribution is -2.38. The Labute approximate surface area is 174 Å². The minimum absolute atomic E-state index is 0.0190. The van der Waals surface area contributed by atoms with Crippen molar-refractivity contribution in [2.75, 3.05) is 29.5 Å². The number of nitrogens with zero attached hydrogens (tertiary/aromatic N) is 3. The fourth-order valence-electron chi connectivity index (χ4n) is 4.25. The molecule has 1 atom stereocenters. The fraction of sp³-hybridized carbons (Fsp3) is 0.364. The van der Waals surface area contributed by atoms with Crippen molar-refractivity contribution >= 4 is 28.9 Å². The molecule has 4 rings (SSSR count). The van der Waals surface area contributed by atoms with E-state index < -0.39 is 17.5 Å². The summed E-state index contributed by atoms with van der Waals surface area (Å²) in [5.41, 5.74) is 2.36. The van der Waals surface area contributed by atoms with E-state index in [2.05, 4.69) is 0 Å². The second-order valence-corrected chi connectivity index (χ2v) is 7.68. The van der Waals surface area contributed by atoms with E-state index in [9.17, 15) is 19.7 Å². The van der Waals surface area contributed by atoms with E-state index in [0.717, 1.165) is 43.6 Å². The topological polar surface area (TPSA) is 93.0 Å². The minimum atomic E-state index is -0.750. The third-order valence-corrected chi connectivity index (χ3v) is 5.66. The SMILES string of the molecule is C[C@@H]1Cc2ccccc2N1C(=O)COC(=O)c1ccc(N2CCCC2)c([N+](=O)[O-])c1. The first kappa shape index (κ1) is 19.9. The van der Waals surface area contributed by atoms with E-state index in [4.69, 9.17) is 4.74 Å². The molecule has 0 bridgehead atoms. The summed E-state index contributed by atoms with van der Waals surface area (Å²) in [6, 6.07) is 12.0. The van der Waals surface area contributed by atoms with Crippen molar-refractivity contribution in [3.05, 3.63) is 63.7 Å². The zero-order chi connectivity index (χ0) is 21.3. The maximum Gasteiger partial charge on any atom is 0.338 e. The second kappa shape index (κ2) is 8.14. The number of fused-ring (bicyclic) bond motifs is 1. The van der Waals surface area contributed by atoms with Gasteiger partial charge >= 0.3 is 5.97 Å². The Balaban J connectivity index is 1.46. The minimum Gasteiger partial charge on any atom is -0.452 e. The van der Waals surface area contributed by atoms with Crippen molar-refractivity contribution in [3.63, 3.8) is 0 Å². The summed E-state index contributed by atoms with van der Waals surface area (Å²) in [4.78, 5) is 39.8. The molecule has 2 aromatic carbocycles. The monoisotopic (exact) mass is 409 g/mol. The highest BCUT2D eigenvalue weighted by Crippen LogP contribution is 2.33. The summed E-state index contributed by atoms with van der Waals surface area (Å²) in [7, 11) is 0. The van der Waals surface area contributed by atoms with Gasteiger partial charge in [-0.15, -0.1) is 0 Å². The molecule has 0 aliphatic carbocycles. The van der Waals surface area contributed by atoms with Gasteiger partial charge in [-0.2, -0.15) is 0 Å². The fourth-order valence-corrected chi connectivity index (χ4v) is 4.25. The van der Waals surface area contributed by atoms with Gasteiger partial charge < -0.3 is 14.5 Å². The molecular weight excluding hydrogens is 386 g/mol. The van der Waals surface area contributed by atoms with Gasteiger partial charge in [-0.3, -0.25) is 14.9 Å². The number of nitro benzene ring substituents is 1. The van der Waals surface area contributed by atoms with Gasteiger partial charge in [0.25, 0.3) is 11.6 Å². The first-order chi connectivity index (χ1) is 14.5. The van der Waals surface area contributed by atoms with Crippen molar-refractivity contribution in [1.29, 1.82) is 0 Å². The number of esters is 1. The van der Waals surface area contributed by atoms with Gasteiger partial charge in [0, 0.05) is 30.9 Å². The highest BCUT2D eigenvalue weighted by Gasteiger charge is 2.31. The van der Waals surface area contributed by atoms with Crippen LogP contribution >= 0.6 is 0 Å². The molecule has 0 unspecified atom stereocenters. The average molecular weight is 409 g/mol. The van der Waals surface area contributed by atoms with Crippen LogP contribution in [0.4, 0.5) is 17.1 Å². The molecule has 8 heteroatoms. The molecule has 8 nitrogen and oxygen atoms in total. The lowest BCUT2D eigenvalue weighted by molar-refractivity contribution is -0.384. The first-order valence-corrected chi connectivity index (χ1v) is 10.1. The zero-order valence-corrected chi connectivity index (χ0v) is 16.7. The maximum absolute atomic E-state index is 12.7. The quantitative estimate of drug-likeness (QED) is 0.427. The van der Waals surface area contributed by atoms with E-state index in [0.29, 0.717) is 5.69 Å². The number of nitro groups is 1. The van der Waals surface area contributed by atoms with Crippen molar-refractivity contribution in [2.24, 2.45) is 0 Å². The molecule has 0 spiro atoms. The van der Waals surface area contributed by atoms with Gasteiger partial charge in [0.15, 0.2) is 6.61 Å². The molecule has 0 aromatic heterocycles. The molecular formula is C22H23N3O5. The van der Waals surface area contributed by atoms with Crippen molar-refractivity contribution in [1.82, 2.24) is 0 Å². The van der Waals surface area contributed by atoms with Crippen LogP contribution in [0, 0.1) is 10.1 Å². The first-order valence-electron chi connectivity index (χ1n) is 10.1. The largest absolute Gasteiger partial charge is 0.452 e. The Morgan fingerprint density at radius 3 is 2.60 bits per heavy atom. The molecule has 2 aliphatic heterocycles. The number of para-hydroxylation sites is 1. The number of benzene rings is 2. The predicted octanol–water partition coefficient (Wildman–Crippen LogP) is 3.33. The standard InChI is InChI=1S/C22H23N3O5/c1-15-12-16-6-2-3-7-18(16)24(15)21(26)14-30-22(27)17-8-9-19(20(13-17)25(28)29)23-10-4-5-11-23/h2-3,6-9,13,15H,4-5,10-12,14H2,1H3/t15-/m1/s1. The summed E-state index contributed by atoms with van der Waals surface area (Å²) >= 11 is 0. The molecule has 1 fully saturated rings. The van der Waals surface area contributed by atoms with Crippen molar-refractivity contribution in [3.8, 4) is 0 Å². The smallest absolute Gasteiger partial charge is 0.338 e. The average Bonchev–Trinajstić information content (AvgIpc) is 3.38. The maximum atomic E-state index is 12.7. The molecule has 1 saturated heterocycles. The molecule has 2 aliphatic rings. The van der Waals surface area contributed by atoms with E-state index in [1.54, 1.807) is 11.0 Å². The lowest BCUT2D eigenvalue weighted by Gasteiger charge is -2.22. The van der Waals surface area contributed by atoms with E-state index in [-0.39, 0.29) is 23.2 Å². The zero-order valence-electron chi connectivity index (χ0n) is 16.7. The van der Waals surface area contributed by atoms with Crippen LogP contribution in [0.1, 0.15) is 35.7 Å². The van der Waals surface area contributed by atoms with Crippen LogP contribution in [0.25, 0.3) is 0 Å².